The molecule has 0 aliphatic rings. The lowest BCUT2D eigenvalue weighted by Crippen LogP contribution is -1.96. The molecule has 0 saturated carbocycles. The van der Waals surface area contributed by atoms with E-state index in [-0.39, 0.29) is 10.6 Å². The summed E-state index contributed by atoms with van der Waals surface area (Å²) in [5.41, 5.74) is 0.130. The zero-order chi connectivity index (χ0) is 14.8. The Morgan fingerprint density at radius 1 is 0.952 bits per heavy atom. The van der Waals surface area contributed by atoms with Crippen LogP contribution in [0.2, 0.25) is 5.02 Å². The molecule has 0 atom stereocenters. The summed E-state index contributed by atoms with van der Waals surface area (Å²) < 4.78 is 5.83. The Morgan fingerprint density at radius 3 is 2.48 bits per heavy atom. The summed E-state index contributed by atoms with van der Waals surface area (Å²) in [6, 6.07) is 18.0. The number of hydrogen-bond donors (Lipinski definition) is 1. The van der Waals surface area contributed by atoms with Gasteiger partial charge in [-0.15, -0.1) is 0 Å². The van der Waals surface area contributed by atoms with Crippen molar-refractivity contribution in [3.05, 3.63) is 71.2 Å². The highest BCUT2D eigenvalue weighted by Crippen LogP contribution is 2.34. The third-order valence-electron chi connectivity index (χ3n) is 3.15. The minimum absolute atomic E-state index is 0.130. The molecule has 1 N–H and O–H groups in total. The van der Waals surface area contributed by atoms with E-state index in [2.05, 4.69) is 0 Å². The standard InChI is InChI=1S/C17H11ClO3/c18-14-10-12(17(19)20)8-9-16(14)21-15-7-3-5-11-4-1-2-6-13(11)15/h1-10H,(H,19,20). The van der Waals surface area contributed by atoms with Crippen LogP contribution >= 0.6 is 11.6 Å². The normalized spacial score (nSPS) is 10.5. The maximum atomic E-state index is 10.9. The van der Waals surface area contributed by atoms with Crippen molar-refractivity contribution in [2.24, 2.45) is 0 Å². The number of benzene rings is 3. The predicted molar refractivity (Wildman–Crippen MR) is 82.4 cm³/mol. The number of carboxylic acid groups (broad SMARTS) is 1. The molecule has 0 radical (unpaired) electrons. The molecule has 0 fully saturated rings. The second-order valence-electron chi connectivity index (χ2n) is 4.53. The van der Waals surface area contributed by atoms with Gasteiger partial charge in [-0.1, -0.05) is 48.0 Å². The third kappa shape index (κ3) is 2.69. The molecule has 0 amide bonds. The molecule has 3 nitrogen and oxygen atoms in total. The highest BCUT2D eigenvalue weighted by molar-refractivity contribution is 6.32. The highest BCUT2D eigenvalue weighted by atomic mass is 35.5. The smallest absolute Gasteiger partial charge is 0.335 e. The Kier molecular flexibility index (Phi) is 3.50. The fourth-order valence-corrected chi connectivity index (χ4v) is 2.34. The lowest BCUT2D eigenvalue weighted by molar-refractivity contribution is 0.0697. The number of fused-ring (bicyclic) bond motifs is 1. The SMILES string of the molecule is O=C(O)c1ccc(Oc2cccc3ccccc23)c(Cl)c1. The van der Waals surface area contributed by atoms with E-state index >= 15 is 0 Å². The molecule has 0 spiro atoms. The largest absolute Gasteiger partial charge is 0.478 e. The Bertz CT molecular complexity index is 822. The first-order valence-electron chi connectivity index (χ1n) is 6.33. The summed E-state index contributed by atoms with van der Waals surface area (Å²) in [6.07, 6.45) is 0. The van der Waals surface area contributed by atoms with Gasteiger partial charge in [0.1, 0.15) is 11.5 Å². The Morgan fingerprint density at radius 2 is 1.71 bits per heavy atom. The fraction of sp³-hybridized carbons (Fsp3) is 0. The molecular weight excluding hydrogens is 288 g/mol. The maximum absolute atomic E-state index is 10.9. The average molecular weight is 299 g/mol. The lowest BCUT2D eigenvalue weighted by atomic mass is 10.1. The molecule has 0 aliphatic carbocycles. The van der Waals surface area contributed by atoms with Gasteiger partial charge in [-0.05, 0) is 29.7 Å². The third-order valence-corrected chi connectivity index (χ3v) is 3.44. The summed E-state index contributed by atoms with van der Waals surface area (Å²) >= 11 is 6.09. The van der Waals surface area contributed by atoms with E-state index in [9.17, 15) is 4.79 Å². The van der Waals surface area contributed by atoms with Crippen LogP contribution in [-0.4, -0.2) is 11.1 Å². The first-order valence-corrected chi connectivity index (χ1v) is 6.71. The molecule has 3 aromatic rings. The van der Waals surface area contributed by atoms with E-state index in [4.69, 9.17) is 21.4 Å². The molecule has 3 aromatic carbocycles. The Hall–Kier alpha value is -2.52. The van der Waals surface area contributed by atoms with E-state index in [0.29, 0.717) is 11.5 Å². The maximum Gasteiger partial charge on any atom is 0.335 e. The van der Waals surface area contributed by atoms with E-state index in [1.54, 1.807) is 6.07 Å². The van der Waals surface area contributed by atoms with Gasteiger partial charge in [-0.3, -0.25) is 0 Å². The summed E-state index contributed by atoms with van der Waals surface area (Å²) in [5, 5.41) is 11.2. The molecule has 0 bridgehead atoms. The van der Waals surface area contributed by atoms with Crippen molar-refractivity contribution in [3.63, 3.8) is 0 Å². The molecule has 104 valence electrons. The number of rotatable bonds is 3. The minimum Gasteiger partial charge on any atom is -0.478 e. The monoisotopic (exact) mass is 298 g/mol. The van der Waals surface area contributed by atoms with Crippen molar-refractivity contribution in [1.29, 1.82) is 0 Å². The van der Waals surface area contributed by atoms with Crippen LogP contribution in [0.4, 0.5) is 0 Å². The lowest BCUT2D eigenvalue weighted by Gasteiger charge is -2.10. The molecule has 0 aliphatic heterocycles. The van der Waals surface area contributed by atoms with Crippen molar-refractivity contribution in [3.8, 4) is 11.5 Å². The van der Waals surface area contributed by atoms with Crippen molar-refractivity contribution >= 4 is 28.3 Å². The van der Waals surface area contributed by atoms with Crippen LogP contribution in [0.15, 0.2) is 60.7 Å². The second-order valence-corrected chi connectivity index (χ2v) is 4.94. The molecule has 0 heterocycles. The number of carbonyl (C=O) groups is 1. The number of aromatic carboxylic acids is 1. The van der Waals surface area contributed by atoms with E-state index in [1.807, 2.05) is 42.5 Å². The van der Waals surface area contributed by atoms with Crippen LogP contribution in [0.1, 0.15) is 10.4 Å². The van der Waals surface area contributed by atoms with Gasteiger partial charge in [0, 0.05) is 5.39 Å². The summed E-state index contributed by atoms with van der Waals surface area (Å²) in [7, 11) is 0. The van der Waals surface area contributed by atoms with Crippen molar-refractivity contribution in [1.82, 2.24) is 0 Å². The van der Waals surface area contributed by atoms with Crippen LogP contribution in [0.5, 0.6) is 11.5 Å². The Labute approximate surface area is 126 Å². The van der Waals surface area contributed by atoms with Crippen LogP contribution in [0.25, 0.3) is 10.8 Å². The van der Waals surface area contributed by atoms with Crippen LogP contribution < -0.4 is 4.74 Å². The molecule has 0 aromatic heterocycles. The summed E-state index contributed by atoms with van der Waals surface area (Å²) in [6.45, 7) is 0. The zero-order valence-corrected chi connectivity index (χ0v) is 11.7. The summed E-state index contributed by atoms with van der Waals surface area (Å²) in [5.74, 6) is 0.0877. The minimum atomic E-state index is -1.02. The number of hydrogen-bond acceptors (Lipinski definition) is 2. The van der Waals surface area contributed by atoms with Crippen molar-refractivity contribution in [2.75, 3.05) is 0 Å². The van der Waals surface area contributed by atoms with Crippen molar-refractivity contribution < 1.29 is 14.6 Å². The van der Waals surface area contributed by atoms with Gasteiger partial charge in [-0.25, -0.2) is 4.79 Å². The topological polar surface area (TPSA) is 46.5 Å². The zero-order valence-electron chi connectivity index (χ0n) is 10.9. The van der Waals surface area contributed by atoms with Gasteiger partial charge in [0.2, 0.25) is 0 Å². The molecule has 0 saturated heterocycles. The molecule has 21 heavy (non-hydrogen) atoms. The van der Waals surface area contributed by atoms with Gasteiger partial charge in [0.25, 0.3) is 0 Å². The first-order chi connectivity index (χ1) is 10.1. The summed E-state index contributed by atoms with van der Waals surface area (Å²) in [4.78, 5) is 10.9. The molecular formula is C17H11ClO3. The number of ether oxygens (including phenoxy) is 1. The molecule has 4 heteroatoms. The fourth-order valence-electron chi connectivity index (χ4n) is 2.12. The van der Waals surface area contributed by atoms with Crippen LogP contribution in [-0.2, 0) is 0 Å². The first kappa shape index (κ1) is 13.5. The van der Waals surface area contributed by atoms with E-state index < -0.39 is 5.97 Å². The molecule has 0 unspecified atom stereocenters. The van der Waals surface area contributed by atoms with Crippen LogP contribution in [0.3, 0.4) is 0 Å². The van der Waals surface area contributed by atoms with Gasteiger partial charge in [0.15, 0.2) is 0 Å². The number of halogens is 1. The Balaban J connectivity index is 2.01. The van der Waals surface area contributed by atoms with Gasteiger partial charge in [-0.2, -0.15) is 0 Å². The quantitative estimate of drug-likeness (QED) is 0.741. The van der Waals surface area contributed by atoms with Crippen LogP contribution in [0, 0.1) is 0 Å². The highest BCUT2D eigenvalue weighted by Gasteiger charge is 2.10. The van der Waals surface area contributed by atoms with Gasteiger partial charge in [0.05, 0.1) is 10.6 Å². The predicted octanol–water partition coefficient (Wildman–Crippen LogP) is 4.98. The van der Waals surface area contributed by atoms with Gasteiger partial charge >= 0.3 is 5.97 Å². The second kappa shape index (κ2) is 5.46. The average Bonchev–Trinajstić information content (AvgIpc) is 2.49. The number of carboxylic acids is 1. The van der Waals surface area contributed by atoms with E-state index in [0.717, 1.165) is 10.8 Å². The van der Waals surface area contributed by atoms with Gasteiger partial charge < -0.3 is 9.84 Å². The molecule has 3 rings (SSSR count). The van der Waals surface area contributed by atoms with Crippen molar-refractivity contribution in [2.45, 2.75) is 0 Å². The van der Waals surface area contributed by atoms with E-state index in [1.165, 1.54) is 12.1 Å².